The average molecular weight is 753 g/mol. The highest BCUT2D eigenvalue weighted by Gasteiger charge is 2.39. The molecule has 2 aromatic carbocycles. The van der Waals surface area contributed by atoms with Gasteiger partial charge in [0.1, 0.15) is 35.6 Å². The highest BCUT2D eigenvalue weighted by molar-refractivity contribution is 5.86. The number of fused-ring (bicyclic) bond motifs is 3. The van der Waals surface area contributed by atoms with Crippen LogP contribution in [0.3, 0.4) is 0 Å². The zero-order valence-corrected chi connectivity index (χ0v) is 31.8. The maximum absolute atomic E-state index is 15.9. The molecule has 55 heavy (non-hydrogen) atoms. The minimum Gasteiger partial charge on any atom is -0.453 e. The number of nitrogens with two attached hydrogens (primary N) is 1. The van der Waals surface area contributed by atoms with E-state index in [0.717, 1.165) is 77.1 Å². The molecule has 7 rings (SSSR count). The van der Waals surface area contributed by atoms with Crippen LogP contribution in [0.2, 0.25) is 0 Å². The van der Waals surface area contributed by atoms with Crippen LogP contribution in [-0.2, 0) is 31.9 Å². The lowest BCUT2D eigenvalue weighted by Gasteiger charge is -2.28. The topological polar surface area (TPSA) is 172 Å². The summed E-state index contributed by atoms with van der Waals surface area (Å²) in [5.41, 5.74) is 13.6. The van der Waals surface area contributed by atoms with Gasteiger partial charge < -0.3 is 40.3 Å². The van der Waals surface area contributed by atoms with E-state index in [0.29, 0.717) is 43.0 Å². The number of hydrogen-bond acceptors (Lipinski definition) is 8. The minimum atomic E-state index is -0.831. The van der Waals surface area contributed by atoms with Gasteiger partial charge in [-0.05, 0) is 86.3 Å². The number of hydrogen-bond donors (Lipinski definition) is 4. The van der Waals surface area contributed by atoms with E-state index in [1.807, 2.05) is 24.0 Å². The fourth-order valence-electron chi connectivity index (χ4n) is 8.11. The number of aryl methyl sites for hydroxylation is 2. The van der Waals surface area contributed by atoms with Crippen LogP contribution < -0.4 is 11.1 Å². The van der Waals surface area contributed by atoms with E-state index < -0.39 is 36.1 Å². The van der Waals surface area contributed by atoms with E-state index in [1.54, 1.807) is 24.1 Å². The van der Waals surface area contributed by atoms with Crippen LogP contribution in [0.1, 0.15) is 80.9 Å². The Kier molecular flexibility index (Phi) is 10.9. The number of alkyl carbamates (subject to hydrolysis) is 1. The van der Waals surface area contributed by atoms with Gasteiger partial charge in [0.25, 0.3) is 0 Å². The molecule has 1 aliphatic carbocycles. The van der Waals surface area contributed by atoms with E-state index in [9.17, 15) is 14.4 Å². The Labute approximate surface area is 319 Å². The van der Waals surface area contributed by atoms with Crippen molar-refractivity contribution in [2.24, 2.45) is 5.73 Å². The SMILES string of the molecule is C=C1CCN(C(=O)[C@@H](N)[C@H](C)OC)[C@@H]1c1ncc(-c2ccc(-c3ccc4c(c3)CCCc3[nH]c([C@@H]5CCCN5C(=O)[C@H](CC)NC(=O)OC)nc3-4)cc2F)[nH]1. The molecule has 13 nitrogen and oxygen atoms in total. The highest BCUT2D eigenvalue weighted by Crippen LogP contribution is 2.39. The van der Waals surface area contributed by atoms with Crippen LogP contribution in [0.5, 0.6) is 0 Å². The second kappa shape index (κ2) is 15.8. The first-order valence-corrected chi connectivity index (χ1v) is 19.0. The van der Waals surface area contributed by atoms with E-state index in [1.165, 1.54) is 20.3 Å². The summed E-state index contributed by atoms with van der Waals surface area (Å²) in [4.78, 5) is 58.6. The number of likely N-dealkylation sites (tertiary alicyclic amines) is 2. The molecule has 0 bridgehead atoms. The molecule has 0 spiro atoms. The second-order valence-corrected chi connectivity index (χ2v) is 14.6. The van der Waals surface area contributed by atoms with E-state index in [2.05, 4.69) is 39.0 Å². The number of ether oxygens (including phenoxy) is 2. The molecule has 2 aromatic heterocycles. The van der Waals surface area contributed by atoms with Crippen molar-refractivity contribution in [1.82, 2.24) is 35.1 Å². The number of benzene rings is 2. The first-order chi connectivity index (χ1) is 26.5. The van der Waals surface area contributed by atoms with Crippen LogP contribution in [0.4, 0.5) is 9.18 Å². The summed E-state index contributed by atoms with van der Waals surface area (Å²) < 4.78 is 25.9. The summed E-state index contributed by atoms with van der Waals surface area (Å²) in [5.74, 6) is 0.459. The molecule has 0 saturated carbocycles. The maximum Gasteiger partial charge on any atom is 0.407 e. The van der Waals surface area contributed by atoms with Crippen molar-refractivity contribution in [3.8, 4) is 33.6 Å². The molecule has 5 atom stereocenters. The summed E-state index contributed by atoms with van der Waals surface area (Å²) in [6, 6.07) is 9.12. The Hall–Kier alpha value is -5.34. The number of amides is 3. The van der Waals surface area contributed by atoms with E-state index >= 15 is 4.39 Å². The molecule has 3 amide bonds. The number of aromatic nitrogens is 4. The van der Waals surface area contributed by atoms with Crippen LogP contribution >= 0.6 is 0 Å². The number of H-pyrrole nitrogens is 2. The normalized spacial score (nSPS) is 19.7. The maximum atomic E-state index is 15.9. The first-order valence-electron chi connectivity index (χ1n) is 19.0. The third kappa shape index (κ3) is 7.28. The molecule has 4 heterocycles. The number of halogens is 1. The molecule has 0 unspecified atom stereocenters. The molecule has 5 N–H and O–H groups in total. The molecule has 0 radical (unpaired) electrons. The number of aromatic amines is 2. The largest absolute Gasteiger partial charge is 0.453 e. The predicted molar refractivity (Wildman–Crippen MR) is 205 cm³/mol. The number of rotatable bonds is 10. The molecular weight excluding hydrogens is 704 g/mol. The van der Waals surface area contributed by atoms with Crippen molar-refractivity contribution in [3.05, 3.63) is 83.5 Å². The molecule has 2 fully saturated rings. The Morgan fingerprint density at radius 2 is 1.76 bits per heavy atom. The number of nitrogens with one attached hydrogen (secondary N) is 3. The van der Waals surface area contributed by atoms with Crippen molar-refractivity contribution in [2.75, 3.05) is 27.3 Å². The van der Waals surface area contributed by atoms with Gasteiger partial charge in [0.2, 0.25) is 11.8 Å². The summed E-state index contributed by atoms with van der Waals surface area (Å²) in [6.07, 6.45) is 5.73. The lowest BCUT2D eigenvalue weighted by Crippen LogP contribution is -2.49. The highest BCUT2D eigenvalue weighted by atomic mass is 19.1. The van der Waals surface area contributed by atoms with Crippen molar-refractivity contribution in [1.29, 1.82) is 0 Å². The molecule has 290 valence electrons. The number of carbonyl (C=O) groups is 3. The van der Waals surface area contributed by atoms with Gasteiger partial charge in [-0.25, -0.2) is 19.2 Å². The van der Waals surface area contributed by atoms with Gasteiger partial charge in [-0.2, -0.15) is 0 Å². The van der Waals surface area contributed by atoms with E-state index in [-0.39, 0.29) is 17.9 Å². The zero-order valence-electron chi connectivity index (χ0n) is 31.8. The molecule has 14 heteroatoms. The van der Waals surface area contributed by atoms with Gasteiger partial charge in [-0.15, -0.1) is 0 Å². The molecule has 2 aliphatic heterocycles. The Morgan fingerprint density at radius 1 is 1.00 bits per heavy atom. The zero-order chi connectivity index (χ0) is 39.0. The molecule has 2 saturated heterocycles. The Balaban J connectivity index is 1.10. The van der Waals surface area contributed by atoms with Crippen LogP contribution in [0.15, 0.2) is 54.7 Å². The van der Waals surface area contributed by atoms with Crippen molar-refractivity contribution in [2.45, 2.75) is 89.1 Å². The van der Waals surface area contributed by atoms with Crippen LogP contribution in [0.25, 0.3) is 33.6 Å². The lowest BCUT2D eigenvalue weighted by molar-refractivity contribution is -0.136. The second-order valence-electron chi connectivity index (χ2n) is 14.6. The van der Waals surface area contributed by atoms with Crippen molar-refractivity contribution >= 4 is 17.9 Å². The number of nitrogens with zero attached hydrogens (tertiary/aromatic N) is 4. The average Bonchev–Trinajstić information content (AvgIpc) is 4.01. The standard InChI is InChI=1S/C41H49FN8O5/c1-6-30(47-41(53)55-5)39(51)49-17-8-11-33(49)37-45-31-10-7-9-26-19-24(12-14-27(26)35(31)48-37)25-13-15-28(29(42)20-25)32-21-44-38(46-32)36-22(2)16-18-50(36)40(52)34(43)23(3)54-4/h12-15,19-21,23,30,33-34,36H,2,6-11,16-18,43H2,1,3-5H3,(H,44,46)(H,45,48)(H,47,53)/t23-,30-,33-,34-,36-/m0/s1. The van der Waals surface area contributed by atoms with Gasteiger partial charge >= 0.3 is 6.09 Å². The fourth-order valence-corrected chi connectivity index (χ4v) is 8.11. The monoisotopic (exact) mass is 752 g/mol. The summed E-state index contributed by atoms with van der Waals surface area (Å²) in [7, 11) is 2.80. The number of carbonyl (C=O) groups excluding carboxylic acids is 3. The minimum absolute atomic E-state index is 0.144. The number of methoxy groups -OCH3 is 2. The third-order valence-corrected chi connectivity index (χ3v) is 11.3. The fraction of sp³-hybridized carbons (Fsp3) is 0.439. The van der Waals surface area contributed by atoms with E-state index in [4.69, 9.17) is 20.2 Å². The van der Waals surface area contributed by atoms with Crippen LogP contribution in [0, 0.1) is 5.82 Å². The third-order valence-electron chi connectivity index (χ3n) is 11.3. The molecule has 3 aliphatic rings. The summed E-state index contributed by atoms with van der Waals surface area (Å²) >= 11 is 0. The van der Waals surface area contributed by atoms with Gasteiger partial charge in [-0.3, -0.25) is 9.59 Å². The Bertz CT molecular complexity index is 2110. The summed E-state index contributed by atoms with van der Waals surface area (Å²) in [6.45, 7) is 8.84. The van der Waals surface area contributed by atoms with Gasteiger partial charge in [0, 0.05) is 37.0 Å². The van der Waals surface area contributed by atoms with Crippen LogP contribution in [-0.4, -0.2) is 93.1 Å². The quantitative estimate of drug-likeness (QED) is 0.148. The first kappa shape index (κ1) is 38.0. The van der Waals surface area contributed by atoms with Gasteiger partial charge in [-0.1, -0.05) is 37.8 Å². The molecule has 4 aromatic rings. The summed E-state index contributed by atoms with van der Waals surface area (Å²) in [5, 5.41) is 2.66. The molecular formula is C41H49FN8O5. The Morgan fingerprint density at radius 3 is 2.49 bits per heavy atom. The van der Waals surface area contributed by atoms with Crippen molar-refractivity contribution < 1.29 is 28.2 Å². The predicted octanol–water partition coefficient (Wildman–Crippen LogP) is 5.75. The van der Waals surface area contributed by atoms with Gasteiger partial charge in [0.15, 0.2) is 0 Å². The number of imidazole rings is 2. The smallest absolute Gasteiger partial charge is 0.407 e. The lowest BCUT2D eigenvalue weighted by atomic mass is 9.95. The van der Waals surface area contributed by atoms with Gasteiger partial charge in [0.05, 0.1) is 36.8 Å². The van der Waals surface area contributed by atoms with Crippen molar-refractivity contribution in [3.63, 3.8) is 0 Å².